The second-order valence-electron chi connectivity index (χ2n) is 13.9. The van der Waals surface area contributed by atoms with Crippen LogP contribution < -0.4 is 10.9 Å². The largest absolute Gasteiger partial charge is 0.461 e. The van der Waals surface area contributed by atoms with Crippen LogP contribution in [0.5, 0.6) is 0 Å². The first kappa shape index (κ1) is 31.8. The molecule has 0 bridgehead atoms. The molecule has 0 radical (unpaired) electrons. The summed E-state index contributed by atoms with van der Waals surface area (Å²) in [5.41, 5.74) is 3.62. The highest BCUT2D eigenvalue weighted by atomic mass is 16.6. The van der Waals surface area contributed by atoms with Gasteiger partial charge in [-0.3, -0.25) is 9.59 Å². The molecule has 1 aromatic carbocycles. The number of H-pyrrole nitrogens is 1. The van der Waals surface area contributed by atoms with Gasteiger partial charge in [0, 0.05) is 49.4 Å². The first-order chi connectivity index (χ1) is 20.9. The molecule has 1 amide bonds. The summed E-state index contributed by atoms with van der Waals surface area (Å²) in [7, 11) is 0. The van der Waals surface area contributed by atoms with E-state index in [1.807, 2.05) is 26.8 Å². The van der Waals surface area contributed by atoms with Crippen LogP contribution in [-0.2, 0) is 27.4 Å². The Morgan fingerprint density at radius 3 is 2.52 bits per heavy atom. The van der Waals surface area contributed by atoms with E-state index < -0.39 is 5.60 Å². The molecule has 2 fully saturated rings. The van der Waals surface area contributed by atoms with E-state index in [9.17, 15) is 14.4 Å². The van der Waals surface area contributed by atoms with Crippen molar-refractivity contribution in [3.63, 3.8) is 0 Å². The number of hydrogen-bond acceptors (Lipinski definition) is 7. The standard InChI is InChI=1S/C34H47N5O5/c1-21(2)13-28(32(41)43-26-9-7-8-10-26)35-16-23-11-12-29-27(15-23)37-30(25-14-22(3)31(40)36-17-25)39(29)20-24-18-38(19-24)33(42)44-34(4,5)6/h11-12,14-15,17,21,24,26,28,35H,7-10,13,16,18-20H2,1-6H3,(H,36,40)/t28-/m0/s1. The third kappa shape index (κ3) is 7.70. The minimum Gasteiger partial charge on any atom is -0.461 e. The van der Waals surface area contributed by atoms with Gasteiger partial charge in [0.25, 0.3) is 5.56 Å². The number of benzene rings is 1. The van der Waals surface area contributed by atoms with Crippen LogP contribution in [0.2, 0.25) is 0 Å². The predicted octanol–water partition coefficient (Wildman–Crippen LogP) is 5.56. The van der Waals surface area contributed by atoms with E-state index in [0.717, 1.165) is 53.7 Å². The van der Waals surface area contributed by atoms with Crippen molar-refractivity contribution in [2.24, 2.45) is 11.8 Å². The summed E-state index contributed by atoms with van der Waals surface area (Å²) in [5, 5.41) is 3.46. The highest BCUT2D eigenvalue weighted by molar-refractivity contribution is 5.81. The Kier molecular flexibility index (Phi) is 9.48. The number of nitrogens with one attached hydrogen (secondary N) is 2. The lowest BCUT2D eigenvalue weighted by Gasteiger charge is -2.40. The number of likely N-dealkylation sites (tertiary alicyclic amines) is 1. The van der Waals surface area contributed by atoms with Crippen LogP contribution in [0.15, 0.2) is 35.3 Å². The van der Waals surface area contributed by atoms with Gasteiger partial charge in [-0.1, -0.05) is 19.9 Å². The minimum absolute atomic E-state index is 0.0427. The molecule has 0 unspecified atom stereocenters. The van der Waals surface area contributed by atoms with Crippen LogP contribution in [-0.4, -0.2) is 62.3 Å². The zero-order valence-electron chi connectivity index (χ0n) is 26.9. The molecular formula is C34H47N5O5. The molecule has 44 heavy (non-hydrogen) atoms. The second-order valence-corrected chi connectivity index (χ2v) is 13.9. The molecule has 3 aromatic rings. The van der Waals surface area contributed by atoms with Crippen LogP contribution in [0.3, 0.4) is 0 Å². The number of amides is 1. The summed E-state index contributed by atoms with van der Waals surface area (Å²) in [6.45, 7) is 14.0. The van der Waals surface area contributed by atoms with Crippen molar-refractivity contribution in [1.82, 2.24) is 24.8 Å². The van der Waals surface area contributed by atoms with Crippen molar-refractivity contribution in [3.8, 4) is 11.4 Å². The predicted molar refractivity (Wildman–Crippen MR) is 170 cm³/mol. The fourth-order valence-electron chi connectivity index (χ4n) is 6.06. The van der Waals surface area contributed by atoms with Crippen molar-refractivity contribution >= 4 is 23.1 Å². The molecule has 1 aliphatic heterocycles. The number of carbonyl (C=O) groups excluding carboxylic acids is 2. The Morgan fingerprint density at radius 2 is 1.86 bits per heavy atom. The maximum absolute atomic E-state index is 13.0. The molecule has 1 saturated carbocycles. The number of carbonyl (C=O) groups is 2. The van der Waals surface area contributed by atoms with Crippen LogP contribution in [0.25, 0.3) is 22.4 Å². The third-order valence-electron chi connectivity index (χ3n) is 8.34. The number of aryl methyl sites for hydroxylation is 1. The quantitative estimate of drug-likeness (QED) is 0.291. The fraction of sp³-hybridized carbons (Fsp3) is 0.588. The number of pyridine rings is 1. The van der Waals surface area contributed by atoms with Gasteiger partial charge in [0.1, 0.15) is 23.6 Å². The van der Waals surface area contributed by atoms with Gasteiger partial charge >= 0.3 is 12.1 Å². The lowest BCUT2D eigenvalue weighted by Crippen LogP contribution is -2.52. The first-order valence-electron chi connectivity index (χ1n) is 16.0. The Labute approximate surface area is 259 Å². The lowest BCUT2D eigenvalue weighted by molar-refractivity contribution is -0.151. The summed E-state index contributed by atoms with van der Waals surface area (Å²) in [5.74, 6) is 1.19. The van der Waals surface area contributed by atoms with Gasteiger partial charge in [-0.15, -0.1) is 0 Å². The maximum atomic E-state index is 13.0. The van der Waals surface area contributed by atoms with E-state index in [2.05, 4.69) is 46.9 Å². The van der Waals surface area contributed by atoms with Crippen molar-refractivity contribution in [2.75, 3.05) is 13.1 Å². The highest BCUT2D eigenvalue weighted by Crippen LogP contribution is 2.30. The van der Waals surface area contributed by atoms with E-state index in [4.69, 9.17) is 14.5 Å². The average molecular weight is 606 g/mol. The monoisotopic (exact) mass is 605 g/mol. The number of aromatic amines is 1. The Bertz CT molecular complexity index is 1540. The highest BCUT2D eigenvalue weighted by Gasteiger charge is 2.34. The van der Waals surface area contributed by atoms with Gasteiger partial charge in [-0.2, -0.15) is 0 Å². The topological polar surface area (TPSA) is 119 Å². The maximum Gasteiger partial charge on any atom is 0.410 e. The molecule has 1 saturated heterocycles. The van der Waals surface area contributed by atoms with Crippen LogP contribution >= 0.6 is 0 Å². The zero-order chi connectivity index (χ0) is 31.6. The van der Waals surface area contributed by atoms with E-state index in [1.54, 1.807) is 18.0 Å². The first-order valence-corrected chi connectivity index (χ1v) is 16.0. The molecule has 2 N–H and O–H groups in total. The summed E-state index contributed by atoms with van der Waals surface area (Å²) in [4.78, 5) is 47.2. The van der Waals surface area contributed by atoms with E-state index in [0.29, 0.717) is 44.1 Å². The molecule has 10 nitrogen and oxygen atoms in total. The SMILES string of the molecule is Cc1cc(-c2nc3cc(CN[C@@H](CC(C)C)C(=O)OC4CCCC4)ccc3n2CC2CN(C(=O)OC(C)(C)C)C2)c[nH]c1=O. The summed E-state index contributed by atoms with van der Waals surface area (Å²) >= 11 is 0. The van der Waals surface area contributed by atoms with E-state index in [1.165, 1.54) is 0 Å². The number of aromatic nitrogens is 3. The van der Waals surface area contributed by atoms with Crippen LogP contribution in [0, 0.1) is 18.8 Å². The van der Waals surface area contributed by atoms with Crippen molar-refractivity contribution < 1.29 is 19.1 Å². The number of fused-ring (bicyclic) bond motifs is 1. The van der Waals surface area contributed by atoms with Crippen molar-refractivity contribution in [2.45, 2.75) is 104 Å². The van der Waals surface area contributed by atoms with Gasteiger partial charge in [0.2, 0.25) is 0 Å². The van der Waals surface area contributed by atoms with Gasteiger partial charge in [0.05, 0.1) is 11.0 Å². The lowest BCUT2D eigenvalue weighted by atomic mass is 10.0. The zero-order valence-corrected chi connectivity index (χ0v) is 26.9. The smallest absolute Gasteiger partial charge is 0.410 e. The van der Waals surface area contributed by atoms with E-state index in [-0.39, 0.29) is 35.7 Å². The number of nitrogens with zero attached hydrogens (tertiary/aromatic N) is 3. The Balaban J connectivity index is 1.35. The minimum atomic E-state index is -0.532. The molecular weight excluding hydrogens is 558 g/mol. The van der Waals surface area contributed by atoms with Gasteiger partial charge in [-0.25, -0.2) is 9.78 Å². The van der Waals surface area contributed by atoms with Crippen LogP contribution in [0.1, 0.15) is 77.8 Å². The summed E-state index contributed by atoms with van der Waals surface area (Å²) in [6, 6.07) is 7.69. The average Bonchev–Trinajstić information content (AvgIpc) is 3.56. The molecule has 10 heteroatoms. The molecule has 5 rings (SSSR count). The molecule has 238 valence electrons. The second kappa shape index (κ2) is 13.1. The fourth-order valence-corrected chi connectivity index (χ4v) is 6.06. The van der Waals surface area contributed by atoms with Gasteiger partial charge in [-0.05, 0) is 89.5 Å². The summed E-state index contributed by atoms with van der Waals surface area (Å²) in [6.07, 6.45) is 6.32. The Morgan fingerprint density at radius 1 is 1.14 bits per heavy atom. The molecule has 3 heterocycles. The molecule has 0 spiro atoms. The molecule has 1 atom stereocenters. The van der Waals surface area contributed by atoms with Crippen molar-refractivity contribution in [3.05, 3.63) is 51.9 Å². The van der Waals surface area contributed by atoms with Crippen molar-refractivity contribution in [1.29, 1.82) is 0 Å². The van der Waals surface area contributed by atoms with Gasteiger partial charge < -0.3 is 29.2 Å². The number of hydrogen-bond donors (Lipinski definition) is 2. The number of esters is 1. The molecule has 2 aromatic heterocycles. The van der Waals surface area contributed by atoms with Gasteiger partial charge in [0.15, 0.2) is 0 Å². The molecule has 2 aliphatic rings. The van der Waals surface area contributed by atoms with E-state index >= 15 is 0 Å². The third-order valence-corrected chi connectivity index (χ3v) is 8.34. The Hall–Kier alpha value is -3.66. The molecule has 1 aliphatic carbocycles. The normalized spacial score (nSPS) is 16.8. The number of rotatable bonds is 10. The number of imidazole rings is 1. The summed E-state index contributed by atoms with van der Waals surface area (Å²) < 4.78 is 13.6. The number of ether oxygens (including phenoxy) is 2. The van der Waals surface area contributed by atoms with Crippen LogP contribution in [0.4, 0.5) is 4.79 Å².